The summed E-state index contributed by atoms with van der Waals surface area (Å²) in [7, 11) is 0. The fourth-order valence-corrected chi connectivity index (χ4v) is 2.07. The van der Waals surface area contributed by atoms with Crippen LogP contribution in [0.3, 0.4) is 0 Å². The zero-order valence-electron chi connectivity index (χ0n) is 10.3. The Kier molecular flexibility index (Phi) is 6.98. The summed E-state index contributed by atoms with van der Waals surface area (Å²) in [6.07, 6.45) is 3.74. The highest BCUT2D eigenvalue weighted by Crippen LogP contribution is 2.05. The predicted molar refractivity (Wildman–Crippen MR) is 64.2 cm³/mol. The SMILES string of the molecule is CCCN(CC)CCNC1CCCOC1. The van der Waals surface area contributed by atoms with Crippen molar-refractivity contribution < 1.29 is 4.74 Å². The van der Waals surface area contributed by atoms with Crippen molar-refractivity contribution >= 4 is 0 Å². The van der Waals surface area contributed by atoms with Gasteiger partial charge < -0.3 is 15.0 Å². The Morgan fingerprint density at radius 3 is 2.80 bits per heavy atom. The molecule has 0 radical (unpaired) electrons. The molecule has 1 fully saturated rings. The van der Waals surface area contributed by atoms with Gasteiger partial charge in [-0.3, -0.25) is 0 Å². The van der Waals surface area contributed by atoms with E-state index in [0.29, 0.717) is 6.04 Å². The second kappa shape index (κ2) is 8.08. The van der Waals surface area contributed by atoms with E-state index in [9.17, 15) is 0 Å². The van der Waals surface area contributed by atoms with Crippen LogP contribution in [0, 0.1) is 0 Å². The van der Waals surface area contributed by atoms with Gasteiger partial charge in [-0.05, 0) is 32.4 Å². The minimum Gasteiger partial charge on any atom is -0.380 e. The lowest BCUT2D eigenvalue weighted by atomic mass is 10.1. The van der Waals surface area contributed by atoms with E-state index in [1.807, 2.05) is 0 Å². The largest absolute Gasteiger partial charge is 0.380 e. The smallest absolute Gasteiger partial charge is 0.0619 e. The number of ether oxygens (including phenoxy) is 1. The average Bonchev–Trinajstić information content (AvgIpc) is 2.29. The first-order valence-electron chi connectivity index (χ1n) is 6.40. The van der Waals surface area contributed by atoms with Crippen LogP contribution in [0.25, 0.3) is 0 Å². The maximum Gasteiger partial charge on any atom is 0.0619 e. The van der Waals surface area contributed by atoms with Gasteiger partial charge in [0.1, 0.15) is 0 Å². The number of hydrogen-bond acceptors (Lipinski definition) is 3. The van der Waals surface area contributed by atoms with Gasteiger partial charge in [0.15, 0.2) is 0 Å². The Hall–Kier alpha value is -0.120. The Morgan fingerprint density at radius 1 is 1.33 bits per heavy atom. The van der Waals surface area contributed by atoms with Gasteiger partial charge in [-0.25, -0.2) is 0 Å². The van der Waals surface area contributed by atoms with E-state index in [2.05, 4.69) is 24.1 Å². The van der Waals surface area contributed by atoms with Gasteiger partial charge in [0.25, 0.3) is 0 Å². The number of nitrogens with one attached hydrogen (secondary N) is 1. The van der Waals surface area contributed by atoms with Crippen LogP contribution in [-0.4, -0.2) is 50.3 Å². The molecule has 0 saturated carbocycles. The number of nitrogens with zero attached hydrogens (tertiary/aromatic N) is 1. The highest BCUT2D eigenvalue weighted by Gasteiger charge is 2.12. The zero-order valence-corrected chi connectivity index (χ0v) is 10.3. The van der Waals surface area contributed by atoms with Gasteiger partial charge in [-0.15, -0.1) is 0 Å². The van der Waals surface area contributed by atoms with Crippen molar-refractivity contribution in [1.29, 1.82) is 0 Å². The summed E-state index contributed by atoms with van der Waals surface area (Å²) in [5.74, 6) is 0. The van der Waals surface area contributed by atoms with Crippen LogP contribution in [0.2, 0.25) is 0 Å². The monoisotopic (exact) mass is 214 g/mol. The maximum absolute atomic E-state index is 5.44. The third-order valence-electron chi connectivity index (χ3n) is 3.01. The molecule has 1 aliphatic rings. The van der Waals surface area contributed by atoms with Gasteiger partial charge in [0.2, 0.25) is 0 Å². The minimum absolute atomic E-state index is 0.596. The van der Waals surface area contributed by atoms with Crippen LogP contribution in [0.4, 0.5) is 0 Å². The highest BCUT2D eigenvalue weighted by atomic mass is 16.5. The summed E-state index contributed by atoms with van der Waals surface area (Å²) in [5, 5.41) is 3.58. The van der Waals surface area contributed by atoms with Crippen LogP contribution in [0.15, 0.2) is 0 Å². The Labute approximate surface area is 94.2 Å². The van der Waals surface area contributed by atoms with E-state index < -0.39 is 0 Å². The molecule has 3 heteroatoms. The molecular weight excluding hydrogens is 188 g/mol. The lowest BCUT2D eigenvalue weighted by Crippen LogP contribution is -2.41. The molecule has 90 valence electrons. The molecule has 0 bridgehead atoms. The first-order valence-corrected chi connectivity index (χ1v) is 6.40. The molecule has 1 aliphatic heterocycles. The van der Waals surface area contributed by atoms with Crippen molar-refractivity contribution in [2.45, 2.75) is 39.2 Å². The summed E-state index contributed by atoms with van der Waals surface area (Å²) in [4.78, 5) is 2.50. The molecule has 1 heterocycles. The first kappa shape index (κ1) is 12.9. The lowest BCUT2D eigenvalue weighted by molar-refractivity contribution is 0.0695. The second-order valence-corrected chi connectivity index (χ2v) is 4.30. The molecule has 1 unspecified atom stereocenters. The van der Waals surface area contributed by atoms with Crippen molar-refractivity contribution in [1.82, 2.24) is 10.2 Å². The van der Waals surface area contributed by atoms with Gasteiger partial charge in [0, 0.05) is 25.7 Å². The summed E-state index contributed by atoms with van der Waals surface area (Å²) in [6.45, 7) is 11.0. The molecule has 0 aromatic heterocycles. The molecule has 1 N–H and O–H groups in total. The zero-order chi connectivity index (χ0) is 10.9. The second-order valence-electron chi connectivity index (χ2n) is 4.30. The van der Waals surface area contributed by atoms with Crippen molar-refractivity contribution in [2.24, 2.45) is 0 Å². The molecule has 3 nitrogen and oxygen atoms in total. The van der Waals surface area contributed by atoms with E-state index >= 15 is 0 Å². The van der Waals surface area contributed by atoms with Crippen LogP contribution >= 0.6 is 0 Å². The van der Waals surface area contributed by atoms with Crippen LogP contribution in [0.5, 0.6) is 0 Å². The van der Waals surface area contributed by atoms with Crippen LogP contribution < -0.4 is 5.32 Å². The minimum atomic E-state index is 0.596. The van der Waals surface area contributed by atoms with Gasteiger partial charge in [-0.1, -0.05) is 13.8 Å². The molecule has 1 saturated heterocycles. The Bertz CT molecular complexity index is 142. The van der Waals surface area contributed by atoms with Gasteiger partial charge in [0.05, 0.1) is 6.61 Å². The van der Waals surface area contributed by atoms with Crippen LogP contribution in [0.1, 0.15) is 33.1 Å². The van der Waals surface area contributed by atoms with Crippen LogP contribution in [-0.2, 0) is 4.74 Å². The Balaban J connectivity index is 2.03. The molecular formula is C12H26N2O. The van der Waals surface area contributed by atoms with Crippen molar-refractivity contribution in [3.05, 3.63) is 0 Å². The number of rotatable bonds is 7. The predicted octanol–water partition coefficient (Wildman–Crippen LogP) is 1.49. The quantitative estimate of drug-likeness (QED) is 0.695. The molecule has 0 aliphatic carbocycles. The summed E-state index contributed by atoms with van der Waals surface area (Å²) >= 11 is 0. The topological polar surface area (TPSA) is 24.5 Å². The molecule has 0 aromatic carbocycles. The van der Waals surface area contributed by atoms with E-state index in [4.69, 9.17) is 4.74 Å². The maximum atomic E-state index is 5.44. The van der Waals surface area contributed by atoms with Gasteiger partial charge >= 0.3 is 0 Å². The fourth-order valence-electron chi connectivity index (χ4n) is 2.07. The van der Waals surface area contributed by atoms with Crippen molar-refractivity contribution in [3.8, 4) is 0 Å². The molecule has 0 amide bonds. The van der Waals surface area contributed by atoms with E-state index in [-0.39, 0.29) is 0 Å². The molecule has 0 spiro atoms. The van der Waals surface area contributed by atoms with Crippen molar-refractivity contribution in [2.75, 3.05) is 39.4 Å². The third kappa shape index (κ3) is 5.50. The number of hydrogen-bond donors (Lipinski definition) is 1. The summed E-state index contributed by atoms with van der Waals surface area (Å²) < 4.78 is 5.44. The molecule has 15 heavy (non-hydrogen) atoms. The molecule has 1 atom stereocenters. The standard InChI is InChI=1S/C12H26N2O/c1-3-8-14(4-2)9-7-13-12-6-5-10-15-11-12/h12-13H,3-11H2,1-2H3. The summed E-state index contributed by atoms with van der Waals surface area (Å²) in [6, 6.07) is 0.596. The summed E-state index contributed by atoms with van der Waals surface area (Å²) in [5.41, 5.74) is 0. The van der Waals surface area contributed by atoms with Gasteiger partial charge in [-0.2, -0.15) is 0 Å². The third-order valence-corrected chi connectivity index (χ3v) is 3.01. The Morgan fingerprint density at radius 2 is 2.20 bits per heavy atom. The van der Waals surface area contributed by atoms with E-state index in [0.717, 1.165) is 26.3 Å². The van der Waals surface area contributed by atoms with E-state index in [1.54, 1.807) is 0 Å². The van der Waals surface area contributed by atoms with Crippen molar-refractivity contribution in [3.63, 3.8) is 0 Å². The fraction of sp³-hybridized carbons (Fsp3) is 1.00. The molecule has 1 rings (SSSR count). The normalized spacial score (nSPS) is 22.2. The highest BCUT2D eigenvalue weighted by molar-refractivity contribution is 4.70. The first-order chi connectivity index (χ1) is 7.36. The average molecular weight is 214 g/mol. The number of likely N-dealkylation sites (N-methyl/N-ethyl adjacent to an activating group) is 1. The lowest BCUT2D eigenvalue weighted by Gasteiger charge is -2.25. The van der Waals surface area contributed by atoms with E-state index in [1.165, 1.54) is 32.4 Å². The molecule has 0 aromatic rings.